The molecule has 0 spiro atoms. The molecule has 0 saturated carbocycles. The zero-order valence-electron chi connectivity index (χ0n) is 6.73. The smallest absolute Gasteiger partial charge is 0.324 e. The number of anilines is 1. The third-order valence-electron chi connectivity index (χ3n) is 1.50. The van der Waals surface area contributed by atoms with Crippen molar-refractivity contribution in [3.63, 3.8) is 0 Å². The van der Waals surface area contributed by atoms with Gasteiger partial charge in [0.25, 0.3) is 0 Å². The summed E-state index contributed by atoms with van der Waals surface area (Å²) in [7, 11) is 0. The van der Waals surface area contributed by atoms with Crippen LogP contribution in [-0.2, 0) is 6.42 Å². The maximum absolute atomic E-state index is 11.9. The summed E-state index contributed by atoms with van der Waals surface area (Å²) in [6, 6.07) is 5.90. The Labute approximate surface area is 73.5 Å². The van der Waals surface area contributed by atoms with Gasteiger partial charge in [0, 0.05) is 5.69 Å². The predicted molar refractivity (Wildman–Crippen MR) is 44.0 cm³/mol. The lowest BCUT2D eigenvalue weighted by molar-refractivity contribution is -0.127. The summed E-state index contributed by atoms with van der Waals surface area (Å²) in [5.74, 6) is 5.05. The van der Waals surface area contributed by atoms with Crippen molar-refractivity contribution < 1.29 is 13.2 Å². The van der Waals surface area contributed by atoms with E-state index in [2.05, 4.69) is 5.43 Å². The minimum Gasteiger partial charge on any atom is -0.324 e. The molecule has 1 rings (SSSR count). The van der Waals surface area contributed by atoms with E-state index in [0.717, 1.165) is 0 Å². The van der Waals surface area contributed by atoms with Gasteiger partial charge in [0.15, 0.2) is 0 Å². The monoisotopic (exact) mass is 190 g/mol. The number of nitrogens with one attached hydrogen (secondary N) is 1. The summed E-state index contributed by atoms with van der Waals surface area (Å²) >= 11 is 0. The van der Waals surface area contributed by atoms with Crippen molar-refractivity contribution in [1.29, 1.82) is 0 Å². The highest BCUT2D eigenvalue weighted by atomic mass is 19.4. The van der Waals surface area contributed by atoms with Gasteiger partial charge < -0.3 is 5.43 Å². The van der Waals surface area contributed by atoms with E-state index in [4.69, 9.17) is 5.84 Å². The van der Waals surface area contributed by atoms with E-state index in [9.17, 15) is 13.2 Å². The molecule has 0 radical (unpaired) electrons. The highest BCUT2D eigenvalue weighted by Gasteiger charge is 2.27. The van der Waals surface area contributed by atoms with Gasteiger partial charge in [0.1, 0.15) is 0 Å². The van der Waals surface area contributed by atoms with Gasteiger partial charge in [0.05, 0.1) is 6.42 Å². The van der Waals surface area contributed by atoms with E-state index in [1.807, 2.05) is 0 Å². The fourth-order valence-corrected chi connectivity index (χ4v) is 1.00. The van der Waals surface area contributed by atoms with Gasteiger partial charge in [-0.25, -0.2) is 0 Å². The number of rotatable bonds is 2. The first-order valence-corrected chi connectivity index (χ1v) is 3.63. The summed E-state index contributed by atoms with van der Waals surface area (Å²) < 4.78 is 35.8. The van der Waals surface area contributed by atoms with E-state index in [1.165, 1.54) is 18.2 Å². The second kappa shape index (κ2) is 3.66. The molecule has 1 aromatic rings. The molecule has 0 saturated heterocycles. The molecule has 0 fully saturated rings. The van der Waals surface area contributed by atoms with Crippen LogP contribution < -0.4 is 11.3 Å². The molecule has 0 heterocycles. The van der Waals surface area contributed by atoms with Crippen LogP contribution in [0, 0.1) is 0 Å². The third-order valence-corrected chi connectivity index (χ3v) is 1.50. The number of nitrogens with two attached hydrogens (primary N) is 1. The molecule has 72 valence electrons. The predicted octanol–water partition coefficient (Wildman–Crippen LogP) is 2.08. The van der Waals surface area contributed by atoms with Crippen LogP contribution in [0.3, 0.4) is 0 Å². The first-order valence-electron chi connectivity index (χ1n) is 3.63. The van der Waals surface area contributed by atoms with Crippen molar-refractivity contribution in [2.45, 2.75) is 12.6 Å². The van der Waals surface area contributed by atoms with Gasteiger partial charge in [-0.3, -0.25) is 5.84 Å². The first kappa shape index (κ1) is 9.85. The Morgan fingerprint density at radius 2 is 2.00 bits per heavy atom. The Bertz CT molecular complexity index is 283. The molecular formula is C8H9F3N2. The Morgan fingerprint density at radius 3 is 2.54 bits per heavy atom. The Morgan fingerprint density at radius 1 is 1.31 bits per heavy atom. The summed E-state index contributed by atoms with van der Waals surface area (Å²) in [5, 5.41) is 0. The fourth-order valence-electron chi connectivity index (χ4n) is 1.00. The average molecular weight is 190 g/mol. The number of hydrogen-bond acceptors (Lipinski definition) is 2. The van der Waals surface area contributed by atoms with Gasteiger partial charge in [-0.05, 0) is 17.7 Å². The number of halogens is 3. The molecule has 0 aliphatic rings. The van der Waals surface area contributed by atoms with E-state index in [1.54, 1.807) is 6.07 Å². The Hall–Kier alpha value is -1.23. The number of nitrogen functional groups attached to an aromatic ring is 1. The molecule has 0 aliphatic heterocycles. The lowest BCUT2D eigenvalue weighted by atomic mass is 10.1. The molecule has 3 N–H and O–H groups in total. The van der Waals surface area contributed by atoms with E-state index in [0.29, 0.717) is 5.69 Å². The second-order valence-corrected chi connectivity index (χ2v) is 2.64. The number of hydrazine groups is 1. The van der Waals surface area contributed by atoms with Crippen LogP contribution in [0.1, 0.15) is 5.56 Å². The van der Waals surface area contributed by atoms with Gasteiger partial charge in [0.2, 0.25) is 0 Å². The molecule has 0 aromatic heterocycles. The van der Waals surface area contributed by atoms with Crippen LogP contribution >= 0.6 is 0 Å². The van der Waals surface area contributed by atoms with Crippen LogP contribution in [-0.4, -0.2) is 6.18 Å². The SMILES string of the molecule is NNc1cccc(CC(F)(F)F)c1. The van der Waals surface area contributed by atoms with E-state index >= 15 is 0 Å². The molecule has 0 amide bonds. The number of alkyl halides is 3. The second-order valence-electron chi connectivity index (χ2n) is 2.64. The largest absolute Gasteiger partial charge is 0.393 e. The molecular weight excluding hydrogens is 181 g/mol. The molecule has 0 bridgehead atoms. The molecule has 5 heteroatoms. The molecule has 0 aliphatic carbocycles. The standard InChI is InChI=1S/C8H9F3N2/c9-8(10,11)5-6-2-1-3-7(4-6)13-12/h1-4,13H,5,12H2. The summed E-state index contributed by atoms with van der Waals surface area (Å²) in [6.07, 6.45) is -5.10. The summed E-state index contributed by atoms with van der Waals surface area (Å²) in [5.41, 5.74) is 2.96. The molecule has 0 atom stereocenters. The average Bonchev–Trinajstić information content (AvgIpc) is 2.01. The maximum atomic E-state index is 11.9. The lowest BCUT2D eigenvalue weighted by Gasteiger charge is -2.07. The molecule has 13 heavy (non-hydrogen) atoms. The number of benzene rings is 1. The lowest BCUT2D eigenvalue weighted by Crippen LogP contribution is -2.12. The molecule has 2 nitrogen and oxygen atoms in total. The van der Waals surface area contributed by atoms with Gasteiger partial charge in [-0.2, -0.15) is 13.2 Å². The van der Waals surface area contributed by atoms with Crippen LogP contribution in [0.25, 0.3) is 0 Å². The minimum absolute atomic E-state index is 0.197. The minimum atomic E-state index is -4.17. The number of hydrogen-bond donors (Lipinski definition) is 2. The van der Waals surface area contributed by atoms with Gasteiger partial charge in [-0.15, -0.1) is 0 Å². The van der Waals surface area contributed by atoms with Crippen molar-refractivity contribution in [3.05, 3.63) is 29.8 Å². The summed E-state index contributed by atoms with van der Waals surface area (Å²) in [4.78, 5) is 0. The summed E-state index contributed by atoms with van der Waals surface area (Å²) in [6.45, 7) is 0. The quantitative estimate of drug-likeness (QED) is 0.553. The van der Waals surface area contributed by atoms with Crippen molar-refractivity contribution in [3.8, 4) is 0 Å². The zero-order chi connectivity index (χ0) is 9.90. The Balaban J connectivity index is 2.78. The van der Waals surface area contributed by atoms with Crippen LogP contribution in [0.5, 0.6) is 0 Å². The first-order chi connectivity index (χ1) is 6.01. The van der Waals surface area contributed by atoms with Crippen molar-refractivity contribution in [1.82, 2.24) is 0 Å². The van der Waals surface area contributed by atoms with Gasteiger partial charge >= 0.3 is 6.18 Å². The van der Waals surface area contributed by atoms with Crippen molar-refractivity contribution >= 4 is 5.69 Å². The topological polar surface area (TPSA) is 38.0 Å². The molecule has 0 unspecified atom stereocenters. The van der Waals surface area contributed by atoms with Crippen molar-refractivity contribution in [2.75, 3.05) is 5.43 Å². The van der Waals surface area contributed by atoms with E-state index in [-0.39, 0.29) is 5.56 Å². The normalized spacial score (nSPS) is 11.4. The van der Waals surface area contributed by atoms with Crippen LogP contribution in [0.2, 0.25) is 0 Å². The third kappa shape index (κ3) is 3.33. The van der Waals surface area contributed by atoms with Crippen LogP contribution in [0.4, 0.5) is 18.9 Å². The Kier molecular flexibility index (Phi) is 2.77. The zero-order valence-corrected chi connectivity index (χ0v) is 6.73. The van der Waals surface area contributed by atoms with Gasteiger partial charge in [-0.1, -0.05) is 12.1 Å². The van der Waals surface area contributed by atoms with E-state index < -0.39 is 12.6 Å². The fraction of sp³-hybridized carbons (Fsp3) is 0.250. The van der Waals surface area contributed by atoms with Crippen molar-refractivity contribution in [2.24, 2.45) is 5.84 Å². The van der Waals surface area contributed by atoms with Crippen LogP contribution in [0.15, 0.2) is 24.3 Å². The highest BCUT2D eigenvalue weighted by molar-refractivity contribution is 5.44. The molecule has 1 aromatic carbocycles. The highest BCUT2D eigenvalue weighted by Crippen LogP contribution is 2.22. The maximum Gasteiger partial charge on any atom is 0.393 e.